The minimum Gasteiger partial charge on any atom is -0.495 e. The molecule has 6 heteroatoms. The summed E-state index contributed by atoms with van der Waals surface area (Å²) in [7, 11) is 1.68. The first-order valence-corrected chi connectivity index (χ1v) is 9.20. The van der Waals surface area contributed by atoms with Crippen LogP contribution in [0, 0.1) is 0 Å². The third-order valence-electron chi connectivity index (χ3n) is 4.57. The largest absolute Gasteiger partial charge is 0.495 e. The lowest BCUT2D eigenvalue weighted by Crippen LogP contribution is -2.52. The second kappa shape index (κ2) is 8.81. The average Bonchev–Trinajstić information content (AvgIpc) is 2.68. The van der Waals surface area contributed by atoms with Gasteiger partial charge in [-0.25, -0.2) is 4.79 Å². The van der Waals surface area contributed by atoms with Crippen LogP contribution in [0.25, 0.3) is 0 Å². The van der Waals surface area contributed by atoms with Crippen molar-refractivity contribution in [3.05, 3.63) is 59.1 Å². The van der Waals surface area contributed by atoms with Gasteiger partial charge in [0.2, 0.25) is 0 Å². The molecular formula is C20H24ClN3O2. The van der Waals surface area contributed by atoms with E-state index in [1.165, 1.54) is 0 Å². The summed E-state index contributed by atoms with van der Waals surface area (Å²) < 4.78 is 5.43. The van der Waals surface area contributed by atoms with E-state index in [0.717, 1.165) is 41.5 Å². The van der Waals surface area contributed by atoms with E-state index in [2.05, 4.69) is 16.3 Å². The standard InChI is InChI=1S/C20H24ClN3O2/c1-26-19-8-3-2-7-18(19)23-11-13-24(14-12-23)20(25)22-10-9-16-5-4-6-17(21)15-16/h2-8,15H,9-14H2,1H3,(H,22,25). The van der Waals surface area contributed by atoms with E-state index in [9.17, 15) is 4.79 Å². The van der Waals surface area contributed by atoms with Crippen LogP contribution in [0.4, 0.5) is 10.5 Å². The Hall–Kier alpha value is -2.40. The molecule has 5 nitrogen and oxygen atoms in total. The van der Waals surface area contributed by atoms with Gasteiger partial charge < -0.3 is 19.9 Å². The van der Waals surface area contributed by atoms with Gasteiger partial charge in [-0.15, -0.1) is 0 Å². The Labute approximate surface area is 159 Å². The second-order valence-electron chi connectivity index (χ2n) is 6.26. The number of nitrogens with one attached hydrogen (secondary N) is 1. The number of carbonyl (C=O) groups excluding carboxylic acids is 1. The van der Waals surface area contributed by atoms with E-state index < -0.39 is 0 Å². The highest BCUT2D eigenvalue weighted by Crippen LogP contribution is 2.28. The molecule has 1 heterocycles. The van der Waals surface area contributed by atoms with Crippen molar-refractivity contribution in [2.24, 2.45) is 0 Å². The van der Waals surface area contributed by atoms with Crippen LogP contribution in [0.15, 0.2) is 48.5 Å². The number of urea groups is 1. The van der Waals surface area contributed by atoms with Gasteiger partial charge in [-0.3, -0.25) is 0 Å². The van der Waals surface area contributed by atoms with Crippen molar-refractivity contribution in [1.29, 1.82) is 0 Å². The highest BCUT2D eigenvalue weighted by atomic mass is 35.5. The molecule has 0 unspecified atom stereocenters. The van der Waals surface area contributed by atoms with Gasteiger partial charge in [-0.2, -0.15) is 0 Å². The van der Waals surface area contributed by atoms with Crippen molar-refractivity contribution in [1.82, 2.24) is 10.2 Å². The molecule has 0 atom stereocenters. The molecule has 0 bridgehead atoms. The predicted molar refractivity (Wildman–Crippen MR) is 105 cm³/mol. The van der Waals surface area contributed by atoms with E-state index in [0.29, 0.717) is 19.6 Å². The van der Waals surface area contributed by atoms with E-state index in [-0.39, 0.29) is 6.03 Å². The Morgan fingerprint density at radius 1 is 1.12 bits per heavy atom. The van der Waals surface area contributed by atoms with Crippen LogP contribution in [-0.4, -0.2) is 50.8 Å². The molecule has 0 radical (unpaired) electrons. The van der Waals surface area contributed by atoms with Crippen molar-refractivity contribution in [2.75, 3.05) is 44.7 Å². The van der Waals surface area contributed by atoms with Crippen molar-refractivity contribution >= 4 is 23.3 Å². The number of hydrogen-bond acceptors (Lipinski definition) is 3. The maximum absolute atomic E-state index is 12.4. The monoisotopic (exact) mass is 373 g/mol. The van der Waals surface area contributed by atoms with Crippen LogP contribution in [0.2, 0.25) is 5.02 Å². The number of methoxy groups -OCH3 is 1. The number of benzene rings is 2. The molecule has 0 aliphatic carbocycles. The van der Waals surface area contributed by atoms with Crippen molar-refractivity contribution < 1.29 is 9.53 Å². The topological polar surface area (TPSA) is 44.8 Å². The summed E-state index contributed by atoms with van der Waals surface area (Å²) in [5.41, 5.74) is 2.20. The molecule has 1 N–H and O–H groups in total. The molecule has 0 spiro atoms. The van der Waals surface area contributed by atoms with Gasteiger partial charge in [0.1, 0.15) is 5.75 Å². The SMILES string of the molecule is COc1ccccc1N1CCN(C(=O)NCCc2cccc(Cl)c2)CC1. The van der Waals surface area contributed by atoms with E-state index >= 15 is 0 Å². The third kappa shape index (κ3) is 4.61. The molecule has 2 aromatic carbocycles. The van der Waals surface area contributed by atoms with E-state index in [1.54, 1.807) is 7.11 Å². The molecule has 1 aliphatic heterocycles. The summed E-state index contributed by atoms with van der Waals surface area (Å²) in [4.78, 5) is 16.5. The van der Waals surface area contributed by atoms with E-state index in [1.807, 2.05) is 47.4 Å². The third-order valence-corrected chi connectivity index (χ3v) is 4.81. The number of hydrogen-bond donors (Lipinski definition) is 1. The molecule has 26 heavy (non-hydrogen) atoms. The first-order valence-electron chi connectivity index (χ1n) is 8.82. The fourth-order valence-corrected chi connectivity index (χ4v) is 3.37. The predicted octanol–water partition coefficient (Wildman–Crippen LogP) is 3.42. The maximum atomic E-state index is 12.4. The maximum Gasteiger partial charge on any atom is 0.317 e. The lowest BCUT2D eigenvalue weighted by Gasteiger charge is -2.36. The fourth-order valence-electron chi connectivity index (χ4n) is 3.16. The fraction of sp³-hybridized carbons (Fsp3) is 0.350. The second-order valence-corrected chi connectivity index (χ2v) is 6.69. The van der Waals surface area contributed by atoms with Crippen LogP contribution >= 0.6 is 11.6 Å². The summed E-state index contributed by atoms with van der Waals surface area (Å²) in [6.45, 7) is 3.58. The first kappa shape index (κ1) is 18.4. The highest BCUT2D eigenvalue weighted by Gasteiger charge is 2.22. The van der Waals surface area contributed by atoms with Crippen molar-refractivity contribution in [3.8, 4) is 5.75 Å². The molecule has 3 rings (SSSR count). The molecule has 1 fully saturated rings. The Morgan fingerprint density at radius 3 is 2.62 bits per heavy atom. The number of para-hydroxylation sites is 2. The number of amides is 2. The zero-order valence-corrected chi connectivity index (χ0v) is 15.7. The number of piperazine rings is 1. The molecule has 138 valence electrons. The van der Waals surface area contributed by atoms with Gasteiger partial charge in [0.05, 0.1) is 12.8 Å². The Kier molecular flexibility index (Phi) is 6.23. The number of rotatable bonds is 5. The Balaban J connectivity index is 1.46. The average molecular weight is 374 g/mol. The van der Waals surface area contributed by atoms with Crippen LogP contribution in [0.5, 0.6) is 5.75 Å². The zero-order chi connectivity index (χ0) is 18.4. The summed E-state index contributed by atoms with van der Waals surface area (Å²) in [6, 6.07) is 15.7. The summed E-state index contributed by atoms with van der Waals surface area (Å²) in [6.07, 6.45) is 0.771. The smallest absolute Gasteiger partial charge is 0.317 e. The zero-order valence-electron chi connectivity index (χ0n) is 15.0. The summed E-state index contributed by atoms with van der Waals surface area (Å²) in [5.74, 6) is 0.868. The first-order chi connectivity index (χ1) is 12.7. The lowest BCUT2D eigenvalue weighted by molar-refractivity contribution is 0.194. The minimum absolute atomic E-state index is 0.00768. The summed E-state index contributed by atoms with van der Waals surface area (Å²) in [5, 5.41) is 3.72. The van der Waals surface area contributed by atoms with Gasteiger partial charge in [-0.1, -0.05) is 35.9 Å². The van der Waals surface area contributed by atoms with Gasteiger partial charge >= 0.3 is 6.03 Å². The number of anilines is 1. The highest BCUT2D eigenvalue weighted by molar-refractivity contribution is 6.30. The van der Waals surface area contributed by atoms with Crippen LogP contribution in [-0.2, 0) is 6.42 Å². The van der Waals surface area contributed by atoms with Gasteiger partial charge in [0, 0.05) is 37.7 Å². The molecule has 1 saturated heterocycles. The molecule has 1 aliphatic rings. The van der Waals surface area contributed by atoms with Crippen molar-refractivity contribution in [3.63, 3.8) is 0 Å². The number of carbonyl (C=O) groups is 1. The van der Waals surface area contributed by atoms with Crippen LogP contribution in [0.1, 0.15) is 5.56 Å². The normalized spacial score (nSPS) is 14.2. The molecule has 0 saturated carbocycles. The Morgan fingerprint density at radius 2 is 1.88 bits per heavy atom. The van der Waals surface area contributed by atoms with Gasteiger partial charge in [0.15, 0.2) is 0 Å². The lowest BCUT2D eigenvalue weighted by atomic mass is 10.1. The summed E-state index contributed by atoms with van der Waals surface area (Å²) >= 11 is 5.98. The molecule has 2 aromatic rings. The number of nitrogens with zero attached hydrogens (tertiary/aromatic N) is 2. The molecule has 2 amide bonds. The number of halogens is 1. The number of ether oxygens (including phenoxy) is 1. The quantitative estimate of drug-likeness (QED) is 0.873. The van der Waals surface area contributed by atoms with Gasteiger partial charge in [0.25, 0.3) is 0 Å². The van der Waals surface area contributed by atoms with Crippen molar-refractivity contribution in [2.45, 2.75) is 6.42 Å². The Bertz CT molecular complexity index is 745. The van der Waals surface area contributed by atoms with Crippen LogP contribution < -0.4 is 15.0 Å². The van der Waals surface area contributed by atoms with Crippen LogP contribution in [0.3, 0.4) is 0 Å². The minimum atomic E-state index is -0.00768. The van der Waals surface area contributed by atoms with Gasteiger partial charge in [-0.05, 0) is 36.2 Å². The molecular weight excluding hydrogens is 350 g/mol. The van der Waals surface area contributed by atoms with E-state index in [4.69, 9.17) is 16.3 Å². The molecule has 0 aromatic heterocycles.